The molecule has 0 bridgehead atoms. The SMILES string of the molecule is CC(=O)Oc1ccccc1C(=O)C(/C=C/C1=[N+](C)c2ccccc2C1(C)C)=C/C=C1\N(C)c2ccccc2C1(C)C. The van der Waals surface area contributed by atoms with Crippen molar-refractivity contribution < 1.29 is 18.9 Å². The topological polar surface area (TPSA) is 49.6 Å². The van der Waals surface area contributed by atoms with Crippen LogP contribution in [0.15, 0.2) is 108 Å². The molecule has 5 nitrogen and oxygen atoms in total. The van der Waals surface area contributed by atoms with E-state index >= 15 is 0 Å². The Bertz CT molecular complexity index is 1680. The Labute approximate surface area is 242 Å². The molecule has 0 N–H and O–H groups in total. The standard InChI is InChI=1S/C36H37N2O3/c1-24(39)41-31-19-13-8-14-26(31)34(40)25(20-22-32-35(2,3)27-15-9-11-17-29(27)37(32)6)21-23-33-36(4,5)28-16-10-12-18-30(28)38(33)7/h8-23H,1-7H3/q+1. The lowest BCUT2D eigenvalue weighted by molar-refractivity contribution is -0.401. The zero-order chi connectivity index (χ0) is 29.5. The van der Waals surface area contributed by atoms with Gasteiger partial charge in [0.25, 0.3) is 0 Å². The Hall–Kier alpha value is -4.51. The lowest BCUT2D eigenvalue weighted by Crippen LogP contribution is -2.26. The maximum atomic E-state index is 14.1. The van der Waals surface area contributed by atoms with Gasteiger partial charge in [0.2, 0.25) is 5.69 Å². The van der Waals surface area contributed by atoms with Crippen LogP contribution in [0.25, 0.3) is 0 Å². The van der Waals surface area contributed by atoms with Crippen molar-refractivity contribution >= 4 is 28.8 Å². The van der Waals surface area contributed by atoms with E-state index in [-0.39, 0.29) is 22.4 Å². The molecule has 0 saturated carbocycles. The predicted octanol–water partition coefficient (Wildman–Crippen LogP) is 7.29. The molecular formula is C36H37N2O3+. The third-order valence-corrected chi connectivity index (χ3v) is 8.37. The van der Waals surface area contributed by atoms with Gasteiger partial charge in [-0.05, 0) is 55.8 Å². The zero-order valence-corrected chi connectivity index (χ0v) is 24.9. The average molecular weight is 546 g/mol. The molecule has 5 rings (SSSR count). The van der Waals surface area contributed by atoms with Gasteiger partial charge in [0, 0.05) is 54.0 Å². The number of para-hydroxylation sites is 3. The number of hydrogen-bond donors (Lipinski definition) is 0. The number of fused-ring (bicyclic) bond motifs is 2. The van der Waals surface area contributed by atoms with E-state index in [9.17, 15) is 9.59 Å². The second kappa shape index (κ2) is 10.5. The van der Waals surface area contributed by atoms with Crippen LogP contribution in [0, 0.1) is 0 Å². The second-order valence-corrected chi connectivity index (χ2v) is 11.7. The summed E-state index contributed by atoms with van der Waals surface area (Å²) in [4.78, 5) is 28.1. The highest BCUT2D eigenvalue weighted by Crippen LogP contribution is 2.46. The smallest absolute Gasteiger partial charge is 0.308 e. The molecule has 0 aliphatic carbocycles. The van der Waals surface area contributed by atoms with Gasteiger partial charge in [0.15, 0.2) is 11.5 Å². The van der Waals surface area contributed by atoms with Gasteiger partial charge in [-0.1, -0.05) is 62.4 Å². The first-order valence-corrected chi connectivity index (χ1v) is 13.9. The number of Topliss-reactive ketones (excluding diaryl/α,β-unsaturated/α-hetero) is 1. The third kappa shape index (κ3) is 4.86. The zero-order valence-electron chi connectivity index (χ0n) is 24.9. The van der Waals surface area contributed by atoms with Crippen LogP contribution in [0.5, 0.6) is 5.75 Å². The van der Waals surface area contributed by atoms with E-state index in [0.717, 1.165) is 22.8 Å². The van der Waals surface area contributed by atoms with Crippen LogP contribution >= 0.6 is 0 Å². The summed E-state index contributed by atoms with van der Waals surface area (Å²) in [6.45, 7) is 10.1. The van der Waals surface area contributed by atoms with Crippen molar-refractivity contribution in [1.29, 1.82) is 0 Å². The number of rotatable bonds is 6. The van der Waals surface area contributed by atoms with Crippen molar-refractivity contribution in [3.8, 4) is 5.75 Å². The summed E-state index contributed by atoms with van der Waals surface area (Å²) in [5.74, 6) is -0.438. The maximum Gasteiger partial charge on any atom is 0.308 e. The van der Waals surface area contributed by atoms with Crippen LogP contribution in [-0.4, -0.2) is 36.1 Å². The van der Waals surface area contributed by atoms with Crippen molar-refractivity contribution in [3.05, 3.63) is 125 Å². The van der Waals surface area contributed by atoms with Crippen LogP contribution in [0.3, 0.4) is 0 Å². The predicted molar refractivity (Wildman–Crippen MR) is 166 cm³/mol. The van der Waals surface area contributed by atoms with Crippen molar-refractivity contribution in [2.75, 3.05) is 19.0 Å². The number of hydrogen-bond acceptors (Lipinski definition) is 4. The second-order valence-electron chi connectivity index (χ2n) is 11.7. The fourth-order valence-electron chi connectivity index (χ4n) is 6.20. The number of likely N-dealkylation sites (N-methyl/N-ethyl adjacent to an activating group) is 1. The van der Waals surface area contributed by atoms with E-state index in [2.05, 4.69) is 87.7 Å². The molecule has 0 unspecified atom stereocenters. The maximum absolute atomic E-state index is 14.1. The molecule has 2 aliphatic rings. The molecular weight excluding hydrogens is 508 g/mol. The molecule has 5 heteroatoms. The first kappa shape index (κ1) is 28.0. The van der Waals surface area contributed by atoms with Crippen LogP contribution in [-0.2, 0) is 15.6 Å². The highest BCUT2D eigenvalue weighted by Gasteiger charge is 2.42. The summed E-state index contributed by atoms with van der Waals surface area (Å²) in [5, 5.41) is 0. The number of carbonyl (C=O) groups excluding carboxylic acids is 2. The van der Waals surface area contributed by atoms with E-state index < -0.39 is 5.97 Å². The Morgan fingerprint density at radius 1 is 0.854 bits per heavy atom. The van der Waals surface area contributed by atoms with E-state index in [1.807, 2.05) is 36.4 Å². The number of benzene rings is 3. The Balaban J connectivity index is 1.62. The molecule has 0 fully saturated rings. The summed E-state index contributed by atoms with van der Waals surface area (Å²) in [6.07, 6.45) is 7.85. The number of anilines is 1. The quantitative estimate of drug-likeness (QED) is 0.0815. The van der Waals surface area contributed by atoms with Crippen LogP contribution in [0.4, 0.5) is 11.4 Å². The number of nitrogens with zero attached hydrogens (tertiary/aromatic N) is 2. The third-order valence-electron chi connectivity index (χ3n) is 8.37. The molecule has 0 atom stereocenters. The largest absolute Gasteiger partial charge is 0.426 e. The van der Waals surface area contributed by atoms with Crippen molar-refractivity contribution in [1.82, 2.24) is 0 Å². The number of ketones is 1. The molecule has 208 valence electrons. The Morgan fingerprint density at radius 2 is 1.49 bits per heavy atom. The first-order chi connectivity index (χ1) is 19.4. The van der Waals surface area contributed by atoms with Gasteiger partial charge in [-0.2, -0.15) is 4.58 Å². The molecule has 0 saturated heterocycles. The van der Waals surface area contributed by atoms with Gasteiger partial charge in [0.05, 0.1) is 11.0 Å². The van der Waals surface area contributed by atoms with E-state index in [0.29, 0.717) is 11.1 Å². The minimum absolute atomic E-state index is 0.220. The van der Waals surface area contributed by atoms with Crippen LogP contribution < -0.4 is 9.64 Å². The molecule has 0 aromatic heterocycles. The number of esters is 1. The monoisotopic (exact) mass is 545 g/mol. The summed E-state index contributed by atoms with van der Waals surface area (Å²) in [6, 6.07) is 23.7. The van der Waals surface area contributed by atoms with Gasteiger partial charge >= 0.3 is 5.97 Å². The molecule has 0 radical (unpaired) electrons. The van der Waals surface area contributed by atoms with Crippen molar-refractivity contribution in [3.63, 3.8) is 0 Å². The molecule has 3 aromatic carbocycles. The summed E-state index contributed by atoms with van der Waals surface area (Å²) in [5.41, 5.74) is 7.33. The highest BCUT2D eigenvalue weighted by atomic mass is 16.5. The highest BCUT2D eigenvalue weighted by molar-refractivity contribution is 6.14. The van der Waals surface area contributed by atoms with Gasteiger partial charge in [-0.3, -0.25) is 9.59 Å². The minimum Gasteiger partial charge on any atom is -0.426 e. The van der Waals surface area contributed by atoms with E-state index in [4.69, 9.17) is 4.74 Å². The van der Waals surface area contributed by atoms with Gasteiger partial charge in [0.1, 0.15) is 12.8 Å². The minimum atomic E-state index is -0.469. The summed E-state index contributed by atoms with van der Waals surface area (Å²) < 4.78 is 7.59. The molecule has 0 spiro atoms. The number of ether oxygens (including phenoxy) is 1. The first-order valence-electron chi connectivity index (χ1n) is 13.9. The Morgan fingerprint density at radius 3 is 2.17 bits per heavy atom. The summed E-state index contributed by atoms with van der Waals surface area (Å²) in [7, 11) is 4.12. The van der Waals surface area contributed by atoms with Gasteiger partial charge in [-0.15, -0.1) is 0 Å². The van der Waals surface area contributed by atoms with Crippen molar-refractivity contribution in [2.24, 2.45) is 0 Å². The van der Waals surface area contributed by atoms with Crippen molar-refractivity contribution in [2.45, 2.75) is 45.4 Å². The average Bonchev–Trinajstić information content (AvgIpc) is 3.26. The normalized spacial score (nSPS) is 18.2. The van der Waals surface area contributed by atoms with Gasteiger partial charge < -0.3 is 9.64 Å². The summed E-state index contributed by atoms with van der Waals surface area (Å²) >= 11 is 0. The van der Waals surface area contributed by atoms with E-state index in [1.54, 1.807) is 24.3 Å². The fraction of sp³-hybridized carbons (Fsp3) is 0.250. The molecule has 3 aromatic rings. The van der Waals surface area contributed by atoms with Crippen LogP contribution in [0.2, 0.25) is 0 Å². The number of allylic oxidation sites excluding steroid dienone is 6. The lowest BCUT2D eigenvalue weighted by atomic mass is 9.81. The molecule has 2 heterocycles. The van der Waals surface area contributed by atoms with E-state index in [1.165, 1.54) is 18.1 Å². The lowest BCUT2D eigenvalue weighted by Gasteiger charge is -2.23. The van der Waals surface area contributed by atoms with Crippen LogP contribution in [0.1, 0.15) is 56.1 Å². The molecule has 0 amide bonds. The molecule has 41 heavy (non-hydrogen) atoms. The number of carbonyl (C=O) groups is 2. The molecule has 2 aliphatic heterocycles. The fourth-order valence-corrected chi connectivity index (χ4v) is 6.20. The van der Waals surface area contributed by atoms with Gasteiger partial charge in [-0.25, -0.2) is 0 Å². The Kier molecular flexibility index (Phi) is 7.16.